The summed E-state index contributed by atoms with van der Waals surface area (Å²) in [4.78, 5) is 0. The molecule has 0 saturated carbocycles. The quantitative estimate of drug-likeness (QED) is 0.755. The van der Waals surface area contributed by atoms with Crippen LogP contribution in [-0.2, 0) is 11.3 Å². The maximum Gasteiger partial charge on any atom is 0.115 e. The van der Waals surface area contributed by atoms with Crippen molar-refractivity contribution in [1.82, 2.24) is 0 Å². The molecule has 0 aromatic heterocycles. The average Bonchev–Trinajstić information content (AvgIpc) is 2.48. The van der Waals surface area contributed by atoms with Crippen LogP contribution in [0.1, 0.15) is 29.7 Å². The summed E-state index contributed by atoms with van der Waals surface area (Å²) in [6, 6.07) is 11.9. The van der Waals surface area contributed by atoms with Gasteiger partial charge in [-0.05, 0) is 48.2 Å². The van der Waals surface area contributed by atoms with Crippen molar-refractivity contribution in [2.75, 3.05) is 0 Å². The van der Waals surface area contributed by atoms with Crippen LogP contribution in [0.5, 0.6) is 5.75 Å². The normalized spacial score (nSPS) is 17.8. The molecule has 1 unspecified atom stereocenters. The Morgan fingerprint density at radius 1 is 1.11 bits per heavy atom. The van der Waals surface area contributed by atoms with Crippen LogP contribution < -0.4 is 0 Å². The Balaban J connectivity index is 2.26. The van der Waals surface area contributed by atoms with Crippen molar-refractivity contribution in [1.29, 1.82) is 0 Å². The molecule has 1 atom stereocenters. The predicted octanol–water partition coefficient (Wildman–Crippen LogP) is 3.96. The number of fused-ring (bicyclic) bond motifs is 3. The van der Waals surface area contributed by atoms with E-state index in [4.69, 9.17) is 4.74 Å². The monoisotopic (exact) mass is 240 g/mol. The van der Waals surface area contributed by atoms with Crippen LogP contribution in [0.2, 0.25) is 0 Å². The van der Waals surface area contributed by atoms with E-state index in [2.05, 4.69) is 32.0 Å². The Bertz CT molecular complexity index is 602. The first-order valence-electron chi connectivity index (χ1n) is 6.19. The van der Waals surface area contributed by atoms with Gasteiger partial charge in [-0.25, -0.2) is 0 Å². The average molecular weight is 240 g/mol. The van der Waals surface area contributed by atoms with Crippen molar-refractivity contribution in [3.05, 3.63) is 53.1 Å². The Kier molecular flexibility index (Phi) is 2.60. The number of benzene rings is 2. The lowest BCUT2D eigenvalue weighted by Gasteiger charge is -2.13. The molecule has 18 heavy (non-hydrogen) atoms. The molecule has 0 aliphatic carbocycles. The minimum atomic E-state index is 0.0782. The van der Waals surface area contributed by atoms with Gasteiger partial charge in [0.15, 0.2) is 0 Å². The highest BCUT2D eigenvalue weighted by atomic mass is 16.5. The lowest BCUT2D eigenvalue weighted by molar-refractivity contribution is 0.0549. The SMILES string of the molecule is Cc1ccc2c(c1)C(C)OCc1cc(O)ccc1-2. The molecule has 3 rings (SSSR count). The van der Waals surface area contributed by atoms with E-state index in [1.165, 1.54) is 16.7 Å². The van der Waals surface area contributed by atoms with Crippen molar-refractivity contribution in [3.63, 3.8) is 0 Å². The van der Waals surface area contributed by atoms with E-state index in [9.17, 15) is 5.11 Å². The molecule has 1 aliphatic rings. The fraction of sp³-hybridized carbons (Fsp3) is 0.250. The highest BCUT2D eigenvalue weighted by molar-refractivity contribution is 5.72. The predicted molar refractivity (Wildman–Crippen MR) is 71.5 cm³/mol. The first-order chi connectivity index (χ1) is 8.65. The zero-order valence-electron chi connectivity index (χ0n) is 10.6. The summed E-state index contributed by atoms with van der Waals surface area (Å²) in [5.74, 6) is 0.292. The number of aryl methyl sites for hydroxylation is 1. The third-order valence-corrected chi connectivity index (χ3v) is 3.51. The first kappa shape index (κ1) is 11.3. The summed E-state index contributed by atoms with van der Waals surface area (Å²) in [6.07, 6.45) is 0.0782. The molecule has 2 aromatic rings. The molecule has 0 radical (unpaired) electrons. The second kappa shape index (κ2) is 4.14. The molecular formula is C16H16O2. The smallest absolute Gasteiger partial charge is 0.115 e. The zero-order chi connectivity index (χ0) is 12.7. The number of phenolic OH excluding ortho intramolecular Hbond substituents is 1. The first-order valence-corrected chi connectivity index (χ1v) is 6.19. The molecule has 2 heteroatoms. The van der Waals surface area contributed by atoms with Crippen LogP contribution >= 0.6 is 0 Å². The lowest BCUT2D eigenvalue weighted by Crippen LogP contribution is -1.98. The van der Waals surface area contributed by atoms with E-state index in [0.29, 0.717) is 12.4 Å². The van der Waals surface area contributed by atoms with Gasteiger partial charge in [-0.1, -0.05) is 29.8 Å². The van der Waals surface area contributed by atoms with Crippen molar-refractivity contribution in [2.24, 2.45) is 0 Å². The standard InChI is InChI=1S/C16H16O2/c1-10-3-5-15-14-6-4-13(17)8-12(14)9-18-11(2)16(15)7-10/h3-8,11,17H,9H2,1-2H3. The van der Waals surface area contributed by atoms with E-state index in [-0.39, 0.29) is 6.10 Å². The molecule has 0 bridgehead atoms. The maximum atomic E-state index is 9.58. The van der Waals surface area contributed by atoms with Gasteiger partial charge in [0.1, 0.15) is 5.75 Å². The topological polar surface area (TPSA) is 29.5 Å². The molecule has 2 nitrogen and oxygen atoms in total. The number of hydrogen-bond donors (Lipinski definition) is 1. The van der Waals surface area contributed by atoms with Crippen molar-refractivity contribution >= 4 is 0 Å². The van der Waals surface area contributed by atoms with E-state index in [1.54, 1.807) is 12.1 Å². The molecule has 2 aromatic carbocycles. The second-order valence-corrected chi connectivity index (χ2v) is 4.89. The Hall–Kier alpha value is -1.80. The van der Waals surface area contributed by atoms with Gasteiger partial charge in [0.05, 0.1) is 12.7 Å². The van der Waals surface area contributed by atoms with Crippen LogP contribution in [0.25, 0.3) is 11.1 Å². The van der Waals surface area contributed by atoms with Crippen LogP contribution in [0.15, 0.2) is 36.4 Å². The summed E-state index contributed by atoms with van der Waals surface area (Å²) >= 11 is 0. The highest BCUT2D eigenvalue weighted by Gasteiger charge is 2.19. The van der Waals surface area contributed by atoms with Crippen molar-refractivity contribution in [2.45, 2.75) is 26.6 Å². The Morgan fingerprint density at radius 3 is 2.72 bits per heavy atom. The highest BCUT2D eigenvalue weighted by Crippen LogP contribution is 2.38. The van der Waals surface area contributed by atoms with Gasteiger partial charge in [-0.2, -0.15) is 0 Å². The Morgan fingerprint density at radius 2 is 1.89 bits per heavy atom. The number of aromatic hydroxyl groups is 1. The van der Waals surface area contributed by atoms with E-state index < -0.39 is 0 Å². The van der Waals surface area contributed by atoms with Gasteiger partial charge in [0.2, 0.25) is 0 Å². The molecule has 1 aliphatic heterocycles. The number of hydrogen-bond acceptors (Lipinski definition) is 2. The number of rotatable bonds is 0. The molecule has 1 N–H and O–H groups in total. The summed E-state index contributed by atoms with van der Waals surface area (Å²) in [5.41, 5.74) is 5.88. The van der Waals surface area contributed by atoms with Crippen LogP contribution in [-0.4, -0.2) is 5.11 Å². The number of ether oxygens (including phenoxy) is 1. The number of phenols is 1. The lowest BCUT2D eigenvalue weighted by atomic mass is 9.93. The van der Waals surface area contributed by atoms with E-state index in [1.807, 2.05) is 6.07 Å². The minimum Gasteiger partial charge on any atom is -0.508 e. The van der Waals surface area contributed by atoms with Gasteiger partial charge in [-0.15, -0.1) is 0 Å². The van der Waals surface area contributed by atoms with Crippen LogP contribution in [0.4, 0.5) is 0 Å². The van der Waals surface area contributed by atoms with Crippen LogP contribution in [0.3, 0.4) is 0 Å². The van der Waals surface area contributed by atoms with Crippen molar-refractivity contribution < 1.29 is 9.84 Å². The maximum absolute atomic E-state index is 9.58. The molecule has 0 fully saturated rings. The third-order valence-electron chi connectivity index (χ3n) is 3.51. The third kappa shape index (κ3) is 1.79. The fourth-order valence-electron chi connectivity index (χ4n) is 2.53. The largest absolute Gasteiger partial charge is 0.508 e. The zero-order valence-corrected chi connectivity index (χ0v) is 10.6. The second-order valence-electron chi connectivity index (χ2n) is 4.89. The van der Waals surface area contributed by atoms with Gasteiger partial charge >= 0.3 is 0 Å². The van der Waals surface area contributed by atoms with Gasteiger partial charge in [-0.3, -0.25) is 0 Å². The van der Waals surface area contributed by atoms with Crippen molar-refractivity contribution in [3.8, 4) is 16.9 Å². The molecule has 0 spiro atoms. The molecule has 0 amide bonds. The van der Waals surface area contributed by atoms with E-state index in [0.717, 1.165) is 11.1 Å². The van der Waals surface area contributed by atoms with Gasteiger partial charge in [0.25, 0.3) is 0 Å². The fourth-order valence-corrected chi connectivity index (χ4v) is 2.53. The summed E-state index contributed by atoms with van der Waals surface area (Å²) in [6.45, 7) is 4.71. The minimum absolute atomic E-state index is 0.0782. The van der Waals surface area contributed by atoms with Gasteiger partial charge < -0.3 is 9.84 Å². The van der Waals surface area contributed by atoms with Crippen LogP contribution in [0, 0.1) is 6.92 Å². The molecule has 92 valence electrons. The van der Waals surface area contributed by atoms with E-state index >= 15 is 0 Å². The molecular weight excluding hydrogens is 224 g/mol. The Labute approximate surface area is 107 Å². The summed E-state index contributed by atoms with van der Waals surface area (Å²) in [7, 11) is 0. The molecule has 0 saturated heterocycles. The summed E-state index contributed by atoms with van der Waals surface area (Å²) in [5, 5.41) is 9.58. The van der Waals surface area contributed by atoms with Gasteiger partial charge in [0, 0.05) is 0 Å². The molecule has 1 heterocycles. The summed E-state index contributed by atoms with van der Waals surface area (Å²) < 4.78 is 5.85.